The largest absolute Gasteiger partial charge is 0.464 e. The van der Waals surface area contributed by atoms with E-state index in [9.17, 15) is 4.79 Å². The van der Waals surface area contributed by atoms with Gasteiger partial charge in [0.25, 0.3) is 0 Å². The van der Waals surface area contributed by atoms with Crippen LogP contribution >= 0.6 is 0 Å². The maximum atomic E-state index is 10.9. The highest BCUT2D eigenvalue weighted by Gasteiger charge is 2.06. The van der Waals surface area contributed by atoms with E-state index in [0.29, 0.717) is 18.8 Å². The van der Waals surface area contributed by atoms with Crippen LogP contribution in [0.1, 0.15) is 17.1 Å². The van der Waals surface area contributed by atoms with E-state index >= 15 is 0 Å². The molecule has 0 radical (unpaired) electrons. The predicted octanol–water partition coefficient (Wildman–Crippen LogP) is 0.476. The van der Waals surface area contributed by atoms with Gasteiger partial charge in [0, 0.05) is 19.2 Å². The summed E-state index contributed by atoms with van der Waals surface area (Å²) < 4.78 is 5.38. The molecule has 0 aromatic carbocycles. The standard InChI is InChI=1S/C9H15N3O2/c1-6-7(4-10)3-8(14-6)5-12-9(13)11-2/h3H,4-5,10H2,1-2H3,(H2,11,12,13). The highest BCUT2D eigenvalue weighted by atomic mass is 16.3. The van der Waals surface area contributed by atoms with Crippen LogP contribution in [-0.4, -0.2) is 13.1 Å². The molecule has 5 nitrogen and oxygen atoms in total. The minimum atomic E-state index is -0.228. The molecule has 0 bridgehead atoms. The molecule has 1 rings (SSSR count). The Bertz CT molecular complexity index is 320. The number of hydrogen-bond acceptors (Lipinski definition) is 3. The van der Waals surface area contributed by atoms with Crippen molar-refractivity contribution in [2.24, 2.45) is 5.73 Å². The summed E-state index contributed by atoms with van der Waals surface area (Å²) in [5.74, 6) is 1.52. The monoisotopic (exact) mass is 197 g/mol. The molecule has 4 N–H and O–H groups in total. The van der Waals surface area contributed by atoms with Crippen molar-refractivity contribution in [3.63, 3.8) is 0 Å². The normalized spacial score (nSPS) is 9.93. The second kappa shape index (κ2) is 4.66. The first-order valence-corrected chi connectivity index (χ1v) is 4.41. The number of aryl methyl sites for hydroxylation is 1. The van der Waals surface area contributed by atoms with Gasteiger partial charge in [0.2, 0.25) is 0 Å². The molecule has 0 fully saturated rings. The minimum absolute atomic E-state index is 0.228. The number of nitrogens with two attached hydrogens (primary N) is 1. The fraction of sp³-hybridized carbons (Fsp3) is 0.444. The third kappa shape index (κ3) is 2.50. The number of nitrogens with one attached hydrogen (secondary N) is 2. The second-order valence-electron chi connectivity index (χ2n) is 2.93. The van der Waals surface area contributed by atoms with Gasteiger partial charge >= 0.3 is 6.03 Å². The van der Waals surface area contributed by atoms with Gasteiger partial charge in [0.05, 0.1) is 6.54 Å². The maximum Gasteiger partial charge on any atom is 0.314 e. The van der Waals surface area contributed by atoms with Crippen molar-refractivity contribution < 1.29 is 9.21 Å². The smallest absolute Gasteiger partial charge is 0.314 e. The Morgan fingerprint density at radius 1 is 1.64 bits per heavy atom. The quantitative estimate of drug-likeness (QED) is 0.659. The number of amides is 2. The molecule has 1 aromatic heterocycles. The molecular formula is C9H15N3O2. The van der Waals surface area contributed by atoms with Crippen LogP contribution in [0, 0.1) is 6.92 Å². The van der Waals surface area contributed by atoms with Crippen LogP contribution in [0.2, 0.25) is 0 Å². The third-order valence-corrected chi connectivity index (χ3v) is 1.94. The van der Waals surface area contributed by atoms with Crippen LogP contribution in [0.4, 0.5) is 4.79 Å². The zero-order valence-corrected chi connectivity index (χ0v) is 8.39. The molecule has 0 spiro atoms. The van der Waals surface area contributed by atoms with Gasteiger partial charge in [-0.2, -0.15) is 0 Å². The van der Waals surface area contributed by atoms with Crippen molar-refractivity contribution in [2.75, 3.05) is 7.05 Å². The maximum absolute atomic E-state index is 10.9. The van der Waals surface area contributed by atoms with Crippen LogP contribution in [0.3, 0.4) is 0 Å². The van der Waals surface area contributed by atoms with Gasteiger partial charge in [0.1, 0.15) is 11.5 Å². The summed E-state index contributed by atoms with van der Waals surface area (Å²) in [4.78, 5) is 10.9. The molecule has 1 heterocycles. The van der Waals surface area contributed by atoms with E-state index in [1.54, 1.807) is 7.05 Å². The number of carbonyl (C=O) groups excluding carboxylic acids is 1. The van der Waals surface area contributed by atoms with E-state index in [-0.39, 0.29) is 6.03 Å². The fourth-order valence-electron chi connectivity index (χ4n) is 1.13. The molecule has 2 amide bonds. The van der Waals surface area contributed by atoms with Crippen LogP contribution in [0.15, 0.2) is 10.5 Å². The Morgan fingerprint density at radius 3 is 2.86 bits per heavy atom. The summed E-state index contributed by atoms with van der Waals surface area (Å²) in [5.41, 5.74) is 6.46. The lowest BCUT2D eigenvalue weighted by atomic mass is 10.2. The Balaban J connectivity index is 2.55. The number of carbonyl (C=O) groups is 1. The van der Waals surface area contributed by atoms with Crippen LogP contribution < -0.4 is 16.4 Å². The first-order chi connectivity index (χ1) is 6.67. The first-order valence-electron chi connectivity index (χ1n) is 4.41. The predicted molar refractivity (Wildman–Crippen MR) is 52.6 cm³/mol. The summed E-state index contributed by atoms with van der Waals surface area (Å²) in [6.45, 7) is 2.68. The molecular weight excluding hydrogens is 182 g/mol. The van der Waals surface area contributed by atoms with Crippen molar-refractivity contribution in [3.05, 3.63) is 23.2 Å². The summed E-state index contributed by atoms with van der Waals surface area (Å²) >= 11 is 0. The van der Waals surface area contributed by atoms with Gasteiger partial charge in [-0.1, -0.05) is 0 Å². The van der Waals surface area contributed by atoms with E-state index in [4.69, 9.17) is 10.2 Å². The molecule has 5 heteroatoms. The minimum Gasteiger partial charge on any atom is -0.464 e. The van der Waals surface area contributed by atoms with Gasteiger partial charge in [-0.25, -0.2) is 4.79 Å². The van der Waals surface area contributed by atoms with Crippen molar-refractivity contribution in [2.45, 2.75) is 20.0 Å². The van der Waals surface area contributed by atoms with E-state index in [2.05, 4.69) is 10.6 Å². The van der Waals surface area contributed by atoms with Crippen molar-refractivity contribution in [1.82, 2.24) is 10.6 Å². The van der Waals surface area contributed by atoms with E-state index < -0.39 is 0 Å². The SMILES string of the molecule is CNC(=O)NCc1cc(CN)c(C)o1. The molecule has 0 saturated carbocycles. The number of rotatable bonds is 3. The molecule has 0 aliphatic carbocycles. The van der Waals surface area contributed by atoms with Crippen molar-refractivity contribution >= 4 is 6.03 Å². The van der Waals surface area contributed by atoms with Gasteiger partial charge in [-0.3, -0.25) is 0 Å². The van der Waals surface area contributed by atoms with Crippen LogP contribution in [-0.2, 0) is 13.1 Å². The van der Waals surface area contributed by atoms with E-state index in [0.717, 1.165) is 11.3 Å². The number of urea groups is 1. The summed E-state index contributed by atoms with van der Waals surface area (Å²) in [6.07, 6.45) is 0. The Hall–Kier alpha value is -1.49. The Labute approximate surface area is 82.7 Å². The van der Waals surface area contributed by atoms with Gasteiger partial charge < -0.3 is 20.8 Å². The van der Waals surface area contributed by atoms with Crippen LogP contribution in [0.5, 0.6) is 0 Å². The summed E-state index contributed by atoms with van der Waals surface area (Å²) in [7, 11) is 1.56. The highest BCUT2D eigenvalue weighted by Crippen LogP contribution is 2.13. The zero-order valence-electron chi connectivity index (χ0n) is 8.39. The summed E-state index contributed by atoms with van der Waals surface area (Å²) in [5, 5.41) is 5.08. The molecule has 0 aliphatic rings. The molecule has 14 heavy (non-hydrogen) atoms. The molecule has 1 aromatic rings. The first kappa shape index (κ1) is 10.6. The molecule has 0 saturated heterocycles. The van der Waals surface area contributed by atoms with Gasteiger partial charge in [-0.05, 0) is 13.0 Å². The lowest BCUT2D eigenvalue weighted by Gasteiger charge is -2.00. The second-order valence-corrected chi connectivity index (χ2v) is 2.93. The zero-order chi connectivity index (χ0) is 10.6. The van der Waals surface area contributed by atoms with Crippen molar-refractivity contribution in [1.29, 1.82) is 0 Å². The average Bonchev–Trinajstić information content (AvgIpc) is 2.55. The molecule has 0 atom stereocenters. The molecule has 78 valence electrons. The van der Waals surface area contributed by atoms with E-state index in [1.165, 1.54) is 0 Å². The highest BCUT2D eigenvalue weighted by molar-refractivity contribution is 5.73. The number of hydrogen-bond donors (Lipinski definition) is 3. The lowest BCUT2D eigenvalue weighted by Crippen LogP contribution is -2.31. The number of furan rings is 1. The van der Waals surface area contributed by atoms with Gasteiger partial charge in [0.15, 0.2) is 0 Å². The molecule has 0 aliphatic heterocycles. The van der Waals surface area contributed by atoms with Crippen LogP contribution in [0.25, 0.3) is 0 Å². The average molecular weight is 197 g/mol. The van der Waals surface area contributed by atoms with Crippen molar-refractivity contribution in [3.8, 4) is 0 Å². The lowest BCUT2D eigenvalue weighted by molar-refractivity contribution is 0.241. The van der Waals surface area contributed by atoms with E-state index in [1.807, 2.05) is 13.0 Å². The summed E-state index contributed by atoms with van der Waals surface area (Å²) in [6, 6.07) is 1.62. The topological polar surface area (TPSA) is 80.3 Å². The van der Waals surface area contributed by atoms with Gasteiger partial charge in [-0.15, -0.1) is 0 Å². The fourth-order valence-corrected chi connectivity index (χ4v) is 1.13. The third-order valence-electron chi connectivity index (χ3n) is 1.94. The Kier molecular flexibility index (Phi) is 3.53. The Morgan fingerprint density at radius 2 is 2.36 bits per heavy atom. The molecule has 0 unspecified atom stereocenters.